The zero-order valence-electron chi connectivity index (χ0n) is 6.95. The molecule has 0 bridgehead atoms. The summed E-state index contributed by atoms with van der Waals surface area (Å²) in [5.74, 6) is 5.81. The van der Waals surface area contributed by atoms with E-state index in [1.165, 1.54) is 0 Å². The maximum absolute atomic E-state index is 4.70. The fourth-order valence-electron chi connectivity index (χ4n) is 0.749. The molecule has 0 unspecified atom stereocenters. The fourth-order valence-corrected chi connectivity index (χ4v) is 0.749. The molecule has 12 heavy (non-hydrogen) atoms. The van der Waals surface area contributed by atoms with Crippen molar-refractivity contribution in [3.63, 3.8) is 0 Å². The van der Waals surface area contributed by atoms with Crippen LogP contribution in [0.15, 0.2) is 42.7 Å². The Hall–Kier alpha value is -1.68. The Kier molecular flexibility index (Phi) is 3.53. The lowest BCUT2D eigenvalue weighted by molar-refractivity contribution is 0.338. The fraction of sp³-hybridized carbons (Fsp3) is 0.0909. The van der Waals surface area contributed by atoms with Gasteiger partial charge in [-0.1, -0.05) is 30.0 Å². The third-order valence-electron chi connectivity index (χ3n) is 1.28. The summed E-state index contributed by atoms with van der Waals surface area (Å²) in [6, 6.07) is 9.82. The lowest BCUT2D eigenvalue weighted by atomic mass is 10.2. The zero-order chi connectivity index (χ0) is 8.65. The Balaban J connectivity index is 2.61. The van der Waals surface area contributed by atoms with Crippen molar-refractivity contribution in [2.24, 2.45) is 0 Å². The molecule has 1 aromatic rings. The van der Waals surface area contributed by atoms with Gasteiger partial charge in [0.15, 0.2) is 0 Å². The van der Waals surface area contributed by atoms with Crippen LogP contribution in [0.3, 0.4) is 0 Å². The number of methoxy groups -OCH3 is 1. The molecule has 60 valence electrons. The van der Waals surface area contributed by atoms with Crippen LogP contribution < -0.4 is 0 Å². The van der Waals surface area contributed by atoms with E-state index in [0.29, 0.717) is 0 Å². The van der Waals surface area contributed by atoms with E-state index in [2.05, 4.69) is 11.8 Å². The highest BCUT2D eigenvalue weighted by molar-refractivity contribution is 5.36. The topological polar surface area (TPSA) is 9.23 Å². The van der Waals surface area contributed by atoms with Crippen molar-refractivity contribution in [1.82, 2.24) is 0 Å². The Morgan fingerprint density at radius 3 is 2.67 bits per heavy atom. The molecule has 0 atom stereocenters. The summed E-state index contributed by atoms with van der Waals surface area (Å²) < 4.78 is 4.70. The summed E-state index contributed by atoms with van der Waals surface area (Å²) in [4.78, 5) is 0. The van der Waals surface area contributed by atoms with Crippen molar-refractivity contribution in [3.05, 3.63) is 48.2 Å². The lowest BCUT2D eigenvalue weighted by Gasteiger charge is -1.84. The molecule has 0 aliphatic carbocycles. The summed E-state index contributed by atoms with van der Waals surface area (Å²) in [5, 5.41) is 0. The van der Waals surface area contributed by atoms with E-state index in [1.54, 1.807) is 19.4 Å². The van der Waals surface area contributed by atoms with Crippen LogP contribution in [0.1, 0.15) is 5.56 Å². The molecule has 0 saturated heterocycles. The highest BCUT2D eigenvalue weighted by atomic mass is 16.5. The molecule has 0 spiro atoms. The third kappa shape index (κ3) is 2.94. The Labute approximate surface area is 72.7 Å². The van der Waals surface area contributed by atoms with Gasteiger partial charge in [0, 0.05) is 11.6 Å². The first kappa shape index (κ1) is 8.42. The predicted octanol–water partition coefficient (Wildman–Crippen LogP) is 2.20. The molecule has 1 heteroatoms. The quantitative estimate of drug-likeness (QED) is 0.449. The highest BCUT2D eigenvalue weighted by Gasteiger charge is 1.78. The molecule has 0 heterocycles. The van der Waals surface area contributed by atoms with Crippen LogP contribution in [0.2, 0.25) is 0 Å². The standard InChI is InChI=1S/C11H10O/c1-12-10-6-5-9-11-7-3-2-4-8-11/h2-4,6-8,10H,1H3/b10-6+. The van der Waals surface area contributed by atoms with Gasteiger partial charge in [-0.05, 0) is 12.1 Å². The van der Waals surface area contributed by atoms with Crippen LogP contribution in [0.5, 0.6) is 0 Å². The van der Waals surface area contributed by atoms with Crippen molar-refractivity contribution in [2.75, 3.05) is 7.11 Å². The molecule has 0 aliphatic rings. The molecule has 0 radical (unpaired) electrons. The third-order valence-corrected chi connectivity index (χ3v) is 1.28. The van der Waals surface area contributed by atoms with Gasteiger partial charge in [-0.3, -0.25) is 0 Å². The first-order chi connectivity index (χ1) is 5.93. The van der Waals surface area contributed by atoms with Crippen molar-refractivity contribution < 1.29 is 4.74 Å². The highest BCUT2D eigenvalue weighted by Crippen LogP contribution is 1.94. The SMILES string of the molecule is CO/C=C/C#Cc1ccccc1. The van der Waals surface area contributed by atoms with Gasteiger partial charge in [0.25, 0.3) is 0 Å². The number of benzene rings is 1. The van der Waals surface area contributed by atoms with E-state index in [9.17, 15) is 0 Å². The zero-order valence-corrected chi connectivity index (χ0v) is 6.95. The maximum Gasteiger partial charge on any atom is 0.0908 e. The first-order valence-electron chi connectivity index (χ1n) is 3.68. The molecule has 0 N–H and O–H groups in total. The van der Waals surface area contributed by atoms with Crippen LogP contribution in [-0.2, 0) is 4.74 Å². The van der Waals surface area contributed by atoms with Gasteiger partial charge in [-0.15, -0.1) is 0 Å². The van der Waals surface area contributed by atoms with Gasteiger partial charge in [-0.2, -0.15) is 0 Å². The van der Waals surface area contributed by atoms with Gasteiger partial charge in [0.2, 0.25) is 0 Å². The van der Waals surface area contributed by atoms with Crippen LogP contribution in [-0.4, -0.2) is 7.11 Å². The van der Waals surface area contributed by atoms with E-state index in [1.807, 2.05) is 30.3 Å². The monoisotopic (exact) mass is 158 g/mol. The summed E-state index contributed by atoms with van der Waals surface area (Å²) in [6.45, 7) is 0. The van der Waals surface area contributed by atoms with E-state index < -0.39 is 0 Å². The van der Waals surface area contributed by atoms with E-state index >= 15 is 0 Å². The molecule has 1 nitrogen and oxygen atoms in total. The average Bonchev–Trinajstić information content (AvgIpc) is 2.14. The Bertz CT molecular complexity index is 301. The van der Waals surface area contributed by atoms with Crippen LogP contribution in [0, 0.1) is 11.8 Å². The lowest BCUT2D eigenvalue weighted by Crippen LogP contribution is -1.69. The van der Waals surface area contributed by atoms with Gasteiger partial charge >= 0.3 is 0 Å². The van der Waals surface area contributed by atoms with E-state index in [4.69, 9.17) is 4.74 Å². The van der Waals surface area contributed by atoms with Crippen molar-refractivity contribution in [2.45, 2.75) is 0 Å². The van der Waals surface area contributed by atoms with Crippen LogP contribution in [0.4, 0.5) is 0 Å². The largest absolute Gasteiger partial charge is 0.504 e. The molecule has 1 aromatic carbocycles. The second-order valence-corrected chi connectivity index (χ2v) is 2.17. The van der Waals surface area contributed by atoms with Gasteiger partial charge in [0.1, 0.15) is 0 Å². The molecular weight excluding hydrogens is 148 g/mol. The van der Waals surface area contributed by atoms with Crippen molar-refractivity contribution in [3.8, 4) is 11.8 Å². The summed E-state index contributed by atoms with van der Waals surface area (Å²) >= 11 is 0. The summed E-state index contributed by atoms with van der Waals surface area (Å²) in [5.41, 5.74) is 1.01. The number of hydrogen-bond donors (Lipinski definition) is 0. The van der Waals surface area contributed by atoms with E-state index in [-0.39, 0.29) is 0 Å². The number of allylic oxidation sites excluding steroid dienone is 1. The first-order valence-corrected chi connectivity index (χ1v) is 3.68. The maximum atomic E-state index is 4.70. The summed E-state index contributed by atoms with van der Waals surface area (Å²) in [7, 11) is 1.60. The number of rotatable bonds is 1. The summed E-state index contributed by atoms with van der Waals surface area (Å²) in [6.07, 6.45) is 3.23. The van der Waals surface area contributed by atoms with Crippen molar-refractivity contribution in [1.29, 1.82) is 0 Å². The molecule has 0 amide bonds. The van der Waals surface area contributed by atoms with E-state index in [0.717, 1.165) is 5.56 Å². The minimum Gasteiger partial charge on any atom is -0.504 e. The Morgan fingerprint density at radius 2 is 2.00 bits per heavy atom. The molecular formula is C11H10O. The van der Waals surface area contributed by atoms with Crippen LogP contribution in [0.25, 0.3) is 0 Å². The number of ether oxygens (including phenoxy) is 1. The smallest absolute Gasteiger partial charge is 0.0908 e. The molecule has 0 saturated carbocycles. The van der Waals surface area contributed by atoms with Gasteiger partial charge in [0.05, 0.1) is 13.4 Å². The van der Waals surface area contributed by atoms with Crippen LogP contribution >= 0.6 is 0 Å². The Morgan fingerprint density at radius 1 is 1.25 bits per heavy atom. The molecule has 0 fully saturated rings. The van der Waals surface area contributed by atoms with Gasteiger partial charge < -0.3 is 4.74 Å². The second-order valence-electron chi connectivity index (χ2n) is 2.17. The van der Waals surface area contributed by atoms with Gasteiger partial charge in [-0.25, -0.2) is 0 Å². The minimum atomic E-state index is 1.01. The average molecular weight is 158 g/mol. The predicted molar refractivity (Wildman–Crippen MR) is 49.5 cm³/mol. The molecule has 0 aromatic heterocycles. The molecule has 1 rings (SSSR count). The van der Waals surface area contributed by atoms with Crippen molar-refractivity contribution >= 4 is 0 Å². The molecule has 0 aliphatic heterocycles. The number of hydrogen-bond acceptors (Lipinski definition) is 1. The normalized spacial score (nSPS) is 9.08. The second kappa shape index (κ2) is 5.03. The minimum absolute atomic E-state index is 1.01.